The molecule has 0 radical (unpaired) electrons. The summed E-state index contributed by atoms with van der Waals surface area (Å²) in [6.07, 6.45) is 2.53. The van der Waals surface area contributed by atoms with E-state index in [1.54, 1.807) is 6.07 Å². The van der Waals surface area contributed by atoms with E-state index in [0.717, 1.165) is 0 Å². The van der Waals surface area contributed by atoms with Crippen LogP contribution in [0, 0.1) is 10.1 Å². The molecule has 1 aromatic carbocycles. The molecule has 6 heteroatoms. The Morgan fingerprint density at radius 3 is 2.81 bits per heavy atom. The number of nitro groups is 1. The lowest BCUT2D eigenvalue weighted by Gasteiger charge is -2.00. The van der Waals surface area contributed by atoms with Crippen LogP contribution in [0.2, 0.25) is 0 Å². The van der Waals surface area contributed by atoms with Crippen LogP contribution in [0.3, 0.4) is 0 Å². The van der Waals surface area contributed by atoms with E-state index in [9.17, 15) is 14.9 Å². The maximum atomic E-state index is 10.7. The average Bonchev–Trinajstić information content (AvgIpc) is 2.16. The minimum atomic E-state index is -0.997. The quantitative estimate of drug-likeness (QED) is 0.457. The molecule has 6 nitrogen and oxygen atoms in total. The van der Waals surface area contributed by atoms with Gasteiger partial charge in [-0.25, -0.2) is 0 Å². The number of rotatable bonds is 4. The summed E-state index contributed by atoms with van der Waals surface area (Å²) in [6.45, 7) is 0. The number of aliphatic carboxylic acids is 1. The minimum Gasteiger partial charge on any atom is -0.481 e. The van der Waals surface area contributed by atoms with Crippen molar-refractivity contribution in [2.24, 2.45) is 0 Å². The first-order valence-corrected chi connectivity index (χ1v) is 4.43. The van der Waals surface area contributed by atoms with Gasteiger partial charge in [0, 0.05) is 0 Å². The molecule has 0 aliphatic carbocycles. The van der Waals surface area contributed by atoms with Crippen molar-refractivity contribution in [2.75, 3.05) is 5.73 Å². The highest BCUT2D eigenvalue weighted by atomic mass is 16.6. The van der Waals surface area contributed by atoms with Crippen molar-refractivity contribution in [3.8, 4) is 0 Å². The molecule has 0 unspecified atom stereocenters. The van der Waals surface area contributed by atoms with Crippen LogP contribution in [0.5, 0.6) is 0 Å². The van der Waals surface area contributed by atoms with Crippen molar-refractivity contribution < 1.29 is 14.8 Å². The predicted molar refractivity (Wildman–Crippen MR) is 58.8 cm³/mol. The number of hydrogen-bond donors (Lipinski definition) is 2. The number of nitrogens with two attached hydrogens (primary N) is 1. The molecule has 0 fully saturated rings. The number of carboxylic acids is 1. The van der Waals surface area contributed by atoms with E-state index in [2.05, 4.69) is 0 Å². The second kappa shape index (κ2) is 4.92. The summed E-state index contributed by atoms with van der Waals surface area (Å²) in [5.74, 6) is -0.997. The van der Waals surface area contributed by atoms with Gasteiger partial charge in [0.2, 0.25) is 0 Å². The maximum Gasteiger partial charge on any atom is 0.307 e. The van der Waals surface area contributed by atoms with E-state index >= 15 is 0 Å². The number of para-hydroxylation sites is 1. The molecule has 84 valence electrons. The van der Waals surface area contributed by atoms with Crippen molar-refractivity contribution in [1.29, 1.82) is 0 Å². The smallest absolute Gasteiger partial charge is 0.307 e. The van der Waals surface area contributed by atoms with Gasteiger partial charge >= 0.3 is 5.97 Å². The topological polar surface area (TPSA) is 106 Å². The van der Waals surface area contributed by atoms with Gasteiger partial charge in [-0.15, -0.1) is 0 Å². The Balaban J connectivity index is 3.04. The van der Waals surface area contributed by atoms with Crippen LogP contribution >= 0.6 is 0 Å². The molecule has 0 atom stereocenters. The summed E-state index contributed by atoms with van der Waals surface area (Å²) in [4.78, 5) is 20.4. The molecule has 1 aromatic rings. The molecular weight excluding hydrogens is 212 g/mol. The van der Waals surface area contributed by atoms with Crippen molar-refractivity contribution in [2.45, 2.75) is 6.42 Å². The number of anilines is 1. The van der Waals surface area contributed by atoms with Crippen LogP contribution in [0.1, 0.15) is 12.0 Å². The lowest BCUT2D eigenvalue weighted by atomic mass is 10.1. The highest BCUT2D eigenvalue weighted by Crippen LogP contribution is 2.26. The predicted octanol–water partition coefficient (Wildman–Crippen LogP) is 1.66. The van der Waals surface area contributed by atoms with Crippen LogP contribution in [-0.2, 0) is 4.79 Å². The fraction of sp³-hybridized carbons (Fsp3) is 0.100. The minimum absolute atomic E-state index is 0.0578. The molecule has 0 aromatic heterocycles. The van der Waals surface area contributed by atoms with E-state index < -0.39 is 10.9 Å². The molecule has 3 N–H and O–H groups in total. The lowest BCUT2D eigenvalue weighted by Crippen LogP contribution is -1.97. The summed E-state index contributed by atoms with van der Waals surface area (Å²) >= 11 is 0. The van der Waals surface area contributed by atoms with Crippen LogP contribution in [-0.4, -0.2) is 16.0 Å². The van der Waals surface area contributed by atoms with Gasteiger partial charge in [0.1, 0.15) is 5.69 Å². The largest absolute Gasteiger partial charge is 0.481 e. The van der Waals surface area contributed by atoms with Gasteiger partial charge in [-0.05, 0) is 12.1 Å². The SMILES string of the molecule is Nc1cccc(C=CCC(=O)O)c1[N+](=O)[O-]. The van der Waals surface area contributed by atoms with E-state index in [-0.39, 0.29) is 17.8 Å². The van der Waals surface area contributed by atoms with Crippen molar-refractivity contribution in [3.63, 3.8) is 0 Å². The van der Waals surface area contributed by atoms with Gasteiger partial charge in [0.15, 0.2) is 0 Å². The highest BCUT2D eigenvalue weighted by Gasteiger charge is 2.15. The Bertz CT molecular complexity index is 454. The zero-order chi connectivity index (χ0) is 12.1. The first kappa shape index (κ1) is 11.7. The molecule has 0 aliphatic heterocycles. The molecule has 0 bridgehead atoms. The van der Waals surface area contributed by atoms with E-state index in [1.807, 2.05) is 0 Å². The molecule has 1 rings (SSSR count). The molecule has 0 spiro atoms. The van der Waals surface area contributed by atoms with Crippen LogP contribution in [0.25, 0.3) is 6.08 Å². The third-order valence-corrected chi connectivity index (χ3v) is 1.87. The number of nitrogens with zero attached hydrogens (tertiary/aromatic N) is 1. The average molecular weight is 222 g/mol. The standard InChI is InChI=1S/C10H10N2O4/c11-8-5-1-3-7(10(8)12(15)16)4-2-6-9(13)14/h1-5H,6,11H2,(H,13,14). The Morgan fingerprint density at radius 2 is 2.25 bits per heavy atom. The van der Waals surface area contributed by atoms with Gasteiger partial charge in [-0.1, -0.05) is 18.2 Å². The number of nitrogen functional groups attached to an aromatic ring is 1. The molecule has 0 heterocycles. The summed E-state index contributed by atoms with van der Waals surface area (Å²) < 4.78 is 0. The van der Waals surface area contributed by atoms with Crippen LogP contribution in [0.4, 0.5) is 11.4 Å². The maximum absolute atomic E-state index is 10.7. The second-order valence-corrected chi connectivity index (χ2v) is 3.04. The highest BCUT2D eigenvalue weighted by molar-refractivity contribution is 5.74. The molecule has 0 aliphatic rings. The third-order valence-electron chi connectivity index (χ3n) is 1.87. The molecule has 0 saturated carbocycles. The monoisotopic (exact) mass is 222 g/mol. The summed E-state index contributed by atoms with van der Waals surface area (Å²) in [6, 6.07) is 4.50. The van der Waals surface area contributed by atoms with Gasteiger partial charge in [0.25, 0.3) is 5.69 Å². The third kappa shape index (κ3) is 2.81. The first-order valence-electron chi connectivity index (χ1n) is 4.43. The summed E-state index contributed by atoms with van der Waals surface area (Å²) in [5, 5.41) is 19.1. The number of carboxylic acid groups (broad SMARTS) is 1. The van der Waals surface area contributed by atoms with Crippen molar-refractivity contribution >= 4 is 23.4 Å². The van der Waals surface area contributed by atoms with Gasteiger partial charge in [-0.2, -0.15) is 0 Å². The Morgan fingerprint density at radius 1 is 1.56 bits per heavy atom. The van der Waals surface area contributed by atoms with E-state index in [4.69, 9.17) is 10.8 Å². The van der Waals surface area contributed by atoms with Crippen LogP contribution < -0.4 is 5.73 Å². The fourth-order valence-electron chi connectivity index (χ4n) is 1.21. The Hall–Kier alpha value is -2.37. The second-order valence-electron chi connectivity index (χ2n) is 3.04. The molecule has 0 amide bonds. The number of nitro benzene ring substituents is 1. The van der Waals surface area contributed by atoms with Gasteiger partial charge < -0.3 is 10.8 Å². The van der Waals surface area contributed by atoms with Crippen molar-refractivity contribution in [3.05, 3.63) is 40.0 Å². The zero-order valence-corrected chi connectivity index (χ0v) is 8.29. The van der Waals surface area contributed by atoms with Gasteiger partial charge in [0.05, 0.1) is 16.9 Å². The summed E-state index contributed by atoms with van der Waals surface area (Å²) in [7, 11) is 0. The zero-order valence-electron chi connectivity index (χ0n) is 8.29. The van der Waals surface area contributed by atoms with Crippen LogP contribution in [0.15, 0.2) is 24.3 Å². The van der Waals surface area contributed by atoms with E-state index in [0.29, 0.717) is 5.56 Å². The number of benzene rings is 1. The summed E-state index contributed by atoms with van der Waals surface area (Å²) in [5.41, 5.74) is 5.61. The fourth-order valence-corrected chi connectivity index (χ4v) is 1.21. The molecule has 16 heavy (non-hydrogen) atoms. The lowest BCUT2D eigenvalue weighted by molar-refractivity contribution is -0.384. The van der Waals surface area contributed by atoms with E-state index in [1.165, 1.54) is 24.3 Å². The normalized spacial score (nSPS) is 10.5. The van der Waals surface area contributed by atoms with Gasteiger partial charge in [-0.3, -0.25) is 14.9 Å². The Labute approximate surface area is 91.2 Å². The molecule has 0 saturated heterocycles. The number of carbonyl (C=O) groups is 1. The number of hydrogen-bond acceptors (Lipinski definition) is 4. The Kier molecular flexibility index (Phi) is 3.60. The molecular formula is C10H10N2O4. The van der Waals surface area contributed by atoms with Crippen molar-refractivity contribution in [1.82, 2.24) is 0 Å². The first-order chi connectivity index (χ1) is 7.52.